The number of nitrogens with zero attached hydrogens (tertiary/aromatic N) is 2. The van der Waals surface area contributed by atoms with Crippen LogP contribution in [-0.4, -0.2) is 60.4 Å². The van der Waals surface area contributed by atoms with Gasteiger partial charge in [0.25, 0.3) is 0 Å². The quantitative estimate of drug-likeness (QED) is 0.726. The monoisotopic (exact) mass is 399 g/mol. The number of carbonyl (C=O) groups excluding carboxylic acids is 4. The van der Waals surface area contributed by atoms with Gasteiger partial charge in [-0.15, -0.1) is 0 Å². The number of imide groups is 1. The minimum atomic E-state index is -0.763. The van der Waals surface area contributed by atoms with E-state index in [1.165, 1.54) is 0 Å². The Labute approximate surface area is 166 Å². The molecule has 3 aliphatic heterocycles. The van der Waals surface area contributed by atoms with Gasteiger partial charge in [0.05, 0.1) is 12.3 Å². The van der Waals surface area contributed by atoms with Crippen LogP contribution < -0.4 is 19.7 Å². The summed E-state index contributed by atoms with van der Waals surface area (Å²) in [7, 11) is 0. The molecule has 4 aliphatic rings. The van der Waals surface area contributed by atoms with Crippen LogP contribution in [-0.2, 0) is 19.2 Å². The summed E-state index contributed by atoms with van der Waals surface area (Å²) in [5.74, 6) is -0.492. The molecule has 2 saturated heterocycles. The molecule has 9 heteroatoms. The van der Waals surface area contributed by atoms with Gasteiger partial charge in [0.2, 0.25) is 23.6 Å². The van der Waals surface area contributed by atoms with Crippen LogP contribution in [0.4, 0.5) is 5.69 Å². The zero-order valence-electron chi connectivity index (χ0n) is 15.8. The third-order valence-corrected chi connectivity index (χ3v) is 5.79. The van der Waals surface area contributed by atoms with Gasteiger partial charge >= 0.3 is 0 Å². The highest BCUT2D eigenvalue weighted by Gasteiger charge is 2.48. The molecule has 0 radical (unpaired) electrons. The van der Waals surface area contributed by atoms with Gasteiger partial charge in [-0.1, -0.05) is 0 Å². The zero-order chi connectivity index (χ0) is 20.1. The minimum absolute atomic E-state index is 0.00633. The summed E-state index contributed by atoms with van der Waals surface area (Å²) in [6, 6.07) is 4.50. The number of nitrogens with one attached hydrogen (secondary N) is 1. The average molecular weight is 399 g/mol. The van der Waals surface area contributed by atoms with Crippen LogP contribution in [0.5, 0.6) is 11.5 Å². The second-order valence-electron chi connectivity index (χ2n) is 7.84. The standard InChI is InChI=1S/C20H21N3O6/c24-17-9-14(19(26)21-17)23(12-1-2-12)20(27)11-7-18(25)22(10-11)13-3-4-15-16(8-13)29-6-5-28-15/h3-4,8,11-12,14H,1-2,5-7,9-10H2,(H,21,24,26). The van der Waals surface area contributed by atoms with Gasteiger partial charge in [-0.05, 0) is 25.0 Å². The molecule has 0 spiro atoms. The van der Waals surface area contributed by atoms with Gasteiger partial charge in [0, 0.05) is 30.8 Å². The summed E-state index contributed by atoms with van der Waals surface area (Å²) in [5, 5.41) is 2.27. The summed E-state index contributed by atoms with van der Waals surface area (Å²) >= 11 is 0. The predicted molar refractivity (Wildman–Crippen MR) is 99.3 cm³/mol. The van der Waals surface area contributed by atoms with Crippen molar-refractivity contribution in [1.29, 1.82) is 0 Å². The molecule has 0 bridgehead atoms. The molecule has 152 valence electrons. The summed E-state index contributed by atoms with van der Waals surface area (Å²) in [6.07, 6.45) is 1.71. The highest BCUT2D eigenvalue weighted by Crippen LogP contribution is 2.38. The third kappa shape index (κ3) is 3.20. The Morgan fingerprint density at radius 2 is 1.83 bits per heavy atom. The van der Waals surface area contributed by atoms with Crippen molar-refractivity contribution in [2.45, 2.75) is 37.8 Å². The van der Waals surface area contributed by atoms with E-state index >= 15 is 0 Å². The van der Waals surface area contributed by atoms with Crippen LogP contribution in [0, 0.1) is 5.92 Å². The number of ether oxygens (including phenoxy) is 2. The van der Waals surface area contributed by atoms with Gasteiger partial charge in [-0.2, -0.15) is 0 Å². The lowest BCUT2D eigenvalue weighted by Crippen LogP contribution is -2.48. The summed E-state index contributed by atoms with van der Waals surface area (Å²) in [5.41, 5.74) is 0.654. The van der Waals surface area contributed by atoms with Crippen molar-refractivity contribution < 1.29 is 28.7 Å². The Balaban J connectivity index is 1.35. The van der Waals surface area contributed by atoms with E-state index in [0.29, 0.717) is 30.4 Å². The van der Waals surface area contributed by atoms with E-state index in [-0.39, 0.29) is 43.1 Å². The summed E-state index contributed by atoms with van der Waals surface area (Å²) in [6.45, 7) is 1.17. The highest BCUT2D eigenvalue weighted by atomic mass is 16.6. The first-order valence-electron chi connectivity index (χ1n) is 9.87. The van der Waals surface area contributed by atoms with Crippen LogP contribution in [0.2, 0.25) is 0 Å². The van der Waals surface area contributed by atoms with Crippen molar-refractivity contribution in [3.8, 4) is 11.5 Å². The molecule has 9 nitrogen and oxygen atoms in total. The van der Waals surface area contributed by atoms with Crippen LogP contribution in [0.25, 0.3) is 0 Å². The normalized spacial score (nSPS) is 25.9. The molecule has 4 amide bonds. The van der Waals surface area contributed by atoms with Crippen molar-refractivity contribution >= 4 is 29.3 Å². The van der Waals surface area contributed by atoms with E-state index < -0.39 is 17.9 Å². The Morgan fingerprint density at radius 3 is 2.52 bits per heavy atom. The topological polar surface area (TPSA) is 105 Å². The van der Waals surface area contributed by atoms with Gasteiger partial charge in [0.15, 0.2) is 11.5 Å². The molecule has 1 aromatic rings. The first-order chi connectivity index (χ1) is 14.0. The molecule has 3 fully saturated rings. The SMILES string of the molecule is O=C1CC(N(C(=O)C2CC(=O)N(c3ccc4c(c3)OCCO4)C2)C2CC2)C(=O)N1. The van der Waals surface area contributed by atoms with Gasteiger partial charge in [0.1, 0.15) is 19.3 Å². The number of fused-ring (bicyclic) bond motifs is 1. The van der Waals surface area contributed by atoms with Crippen LogP contribution in [0.3, 0.4) is 0 Å². The molecule has 3 heterocycles. The average Bonchev–Trinajstić information content (AvgIpc) is 3.38. The third-order valence-electron chi connectivity index (χ3n) is 5.79. The molecule has 2 atom stereocenters. The molecule has 1 aliphatic carbocycles. The van der Waals surface area contributed by atoms with Crippen LogP contribution in [0.15, 0.2) is 18.2 Å². The minimum Gasteiger partial charge on any atom is -0.486 e. The number of benzene rings is 1. The lowest BCUT2D eigenvalue weighted by molar-refractivity contribution is -0.142. The number of rotatable bonds is 4. The predicted octanol–water partition coefficient (Wildman–Crippen LogP) is 0.217. The largest absolute Gasteiger partial charge is 0.486 e. The number of hydrogen-bond donors (Lipinski definition) is 1. The molecule has 2 unspecified atom stereocenters. The Hall–Kier alpha value is -3.10. The van der Waals surface area contributed by atoms with E-state index in [9.17, 15) is 19.2 Å². The molecule has 0 aromatic heterocycles. The lowest BCUT2D eigenvalue weighted by atomic mass is 10.0. The van der Waals surface area contributed by atoms with E-state index in [1.54, 1.807) is 28.0 Å². The maximum atomic E-state index is 13.2. The fourth-order valence-corrected chi connectivity index (χ4v) is 4.24. The van der Waals surface area contributed by atoms with E-state index in [1.807, 2.05) is 0 Å². The Kier molecular flexibility index (Phi) is 4.18. The fourth-order valence-electron chi connectivity index (χ4n) is 4.24. The smallest absolute Gasteiger partial charge is 0.249 e. The second-order valence-corrected chi connectivity index (χ2v) is 7.84. The first kappa shape index (κ1) is 18.0. The van der Waals surface area contributed by atoms with Gasteiger partial charge in [-0.25, -0.2) is 0 Å². The lowest BCUT2D eigenvalue weighted by Gasteiger charge is -2.29. The highest BCUT2D eigenvalue weighted by molar-refractivity contribution is 6.07. The Bertz CT molecular complexity index is 911. The maximum Gasteiger partial charge on any atom is 0.249 e. The van der Waals surface area contributed by atoms with E-state index in [4.69, 9.17) is 9.47 Å². The molecule has 1 saturated carbocycles. The molecular weight excluding hydrogens is 378 g/mol. The summed E-state index contributed by atoms with van der Waals surface area (Å²) < 4.78 is 11.1. The maximum absolute atomic E-state index is 13.2. The first-order valence-corrected chi connectivity index (χ1v) is 9.87. The molecular formula is C20H21N3O6. The van der Waals surface area contributed by atoms with E-state index in [0.717, 1.165) is 12.8 Å². The number of anilines is 1. The number of amides is 4. The van der Waals surface area contributed by atoms with Crippen LogP contribution in [0.1, 0.15) is 25.7 Å². The van der Waals surface area contributed by atoms with Crippen LogP contribution >= 0.6 is 0 Å². The second kappa shape index (κ2) is 6.75. The number of carbonyl (C=O) groups is 4. The molecule has 5 rings (SSSR count). The van der Waals surface area contributed by atoms with Crippen molar-refractivity contribution in [3.05, 3.63) is 18.2 Å². The number of hydrogen-bond acceptors (Lipinski definition) is 6. The molecule has 1 aromatic carbocycles. The van der Waals surface area contributed by atoms with E-state index in [2.05, 4.69) is 5.32 Å². The van der Waals surface area contributed by atoms with Gasteiger partial charge in [-0.3, -0.25) is 24.5 Å². The molecule has 29 heavy (non-hydrogen) atoms. The van der Waals surface area contributed by atoms with Crippen molar-refractivity contribution in [3.63, 3.8) is 0 Å². The fraction of sp³-hybridized carbons (Fsp3) is 0.500. The summed E-state index contributed by atoms with van der Waals surface area (Å²) in [4.78, 5) is 52.8. The van der Waals surface area contributed by atoms with Crippen molar-refractivity contribution in [1.82, 2.24) is 10.2 Å². The Morgan fingerprint density at radius 1 is 1.07 bits per heavy atom. The van der Waals surface area contributed by atoms with Crippen molar-refractivity contribution in [2.75, 3.05) is 24.7 Å². The van der Waals surface area contributed by atoms with Crippen molar-refractivity contribution in [2.24, 2.45) is 5.92 Å². The zero-order valence-corrected chi connectivity index (χ0v) is 15.8. The van der Waals surface area contributed by atoms with Gasteiger partial charge < -0.3 is 19.3 Å². The molecule has 1 N–H and O–H groups in total.